The highest BCUT2D eigenvalue weighted by molar-refractivity contribution is 7.89. The van der Waals surface area contributed by atoms with Crippen molar-refractivity contribution in [3.8, 4) is 0 Å². The highest BCUT2D eigenvalue weighted by Crippen LogP contribution is 2.18. The predicted molar refractivity (Wildman–Crippen MR) is 145 cm³/mol. The van der Waals surface area contributed by atoms with Gasteiger partial charge in [-0.15, -0.1) is 0 Å². The number of rotatable bonds is 12. The van der Waals surface area contributed by atoms with Gasteiger partial charge in [-0.1, -0.05) is 78.4 Å². The predicted octanol–water partition coefficient (Wildman–Crippen LogP) is 3.78. The number of carbonyl (C=O) groups excluding carboxylic acids is 2. The van der Waals surface area contributed by atoms with Crippen LogP contribution < -0.4 is 5.32 Å². The lowest BCUT2D eigenvalue weighted by atomic mass is 10.0. The van der Waals surface area contributed by atoms with Gasteiger partial charge in [0.25, 0.3) is 0 Å². The first-order chi connectivity index (χ1) is 17.7. The van der Waals surface area contributed by atoms with Crippen LogP contribution >= 0.6 is 0 Å². The van der Waals surface area contributed by atoms with Gasteiger partial charge in [-0.25, -0.2) is 12.7 Å². The molecule has 37 heavy (non-hydrogen) atoms. The second-order valence-electron chi connectivity index (χ2n) is 9.07. The van der Waals surface area contributed by atoms with E-state index in [0.717, 1.165) is 16.7 Å². The average molecular weight is 522 g/mol. The van der Waals surface area contributed by atoms with Crippen molar-refractivity contribution >= 4 is 21.8 Å². The lowest BCUT2D eigenvalue weighted by molar-refractivity contribution is -0.141. The van der Waals surface area contributed by atoms with Gasteiger partial charge in [-0.2, -0.15) is 0 Å². The highest BCUT2D eigenvalue weighted by atomic mass is 32.2. The molecule has 0 aliphatic heterocycles. The van der Waals surface area contributed by atoms with Crippen LogP contribution in [0.25, 0.3) is 0 Å². The minimum absolute atomic E-state index is 0.114. The molecule has 0 saturated heterocycles. The van der Waals surface area contributed by atoms with E-state index < -0.39 is 16.1 Å². The van der Waals surface area contributed by atoms with Crippen LogP contribution in [0.5, 0.6) is 0 Å². The van der Waals surface area contributed by atoms with Crippen molar-refractivity contribution in [3.63, 3.8) is 0 Å². The lowest BCUT2D eigenvalue weighted by Gasteiger charge is -2.31. The van der Waals surface area contributed by atoms with Crippen molar-refractivity contribution in [2.24, 2.45) is 0 Å². The Labute approximate surface area is 220 Å². The summed E-state index contributed by atoms with van der Waals surface area (Å²) in [7, 11) is -0.559. The molecule has 0 heterocycles. The maximum Gasteiger partial charge on any atom is 0.242 e. The number of hydrogen-bond acceptors (Lipinski definition) is 4. The molecule has 2 amide bonds. The molecule has 8 heteroatoms. The van der Waals surface area contributed by atoms with Crippen LogP contribution in [-0.2, 0) is 32.6 Å². The van der Waals surface area contributed by atoms with Gasteiger partial charge in [0.1, 0.15) is 6.04 Å². The van der Waals surface area contributed by atoms with Crippen LogP contribution in [0.2, 0.25) is 0 Å². The molecule has 0 aromatic heterocycles. The molecule has 0 unspecified atom stereocenters. The zero-order valence-electron chi connectivity index (χ0n) is 21.6. The molecule has 3 rings (SSSR count). The average Bonchev–Trinajstić information content (AvgIpc) is 2.92. The summed E-state index contributed by atoms with van der Waals surface area (Å²) < 4.78 is 26.9. The molecule has 3 aromatic carbocycles. The molecular weight excluding hydrogens is 486 g/mol. The second kappa shape index (κ2) is 13.2. The molecule has 0 spiro atoms. The van der Waals surface area contributed by atoms with E-state index in [1.165, 1.54) is 11.4 Å². The van der Waals surface area contributed by atoms with Crippen molar-refractivity contribution in [2.75, 3.05) is 20.6 Å². The number of amides is 2. The first-order valence-corrected chi connectivity index (χ1v) is 13.8. The fraction of sp³-hybridized carbons (Fsp3) is 0.310. The van der Waals surface area contributed by atoms with Crippen molar-refractivity contribution in [1.82, 2.24) is 14.5 Å². The van der Waals surface area contributed by atoms with E-state index in [9.17, 15) is 18.0 Å². The molecular formula is C29H35N3O4S. The van der Waals surface area contributed by atoms with Crippen LogP contribution in [0.3, 0.4) is 0 Å². The Morgan fingerprint density at radius 3 is 2.05 bits per heavy atom. The monoisotopic (exact) mass is 521 g/mol. The molecule has 1 atom stereocenters. The summed E-state index contributed by atoms with van der Waals surface area (Å²) in [4.78, 5) is 28.4. The van der Waals surface area contributed by atoms with E-state index in [2.05, 4.69) is 5.32 Å². The number of nitrogens with zero attached hydrogens (tertiary/aromatic N) is 2. The highest BCUT2D eigenvalue weighted by Gasteiger charge is 2.30. The van der Waals surface area contributed by atoms with E-state index >= 15 is 0 Å². The normalized spacial score (nSPS) is 12.2. The number of aryl methyl sites for hydroxylation is 1. The van der Waals surface area contributed by atoms with Gasteiger partial charge in [0.15, 0.2) is 0 Å². The first-order valence-electron chi connectivity index (χ1n) is 12.3. The van der Waals surface area contributed by atoms with Crippen molar-refractivity contribution < 1.29 is 18.0 Å². The van der Waals surface area contributed by atoms with Gasteiger partial charge >= 0.3 is 0 Å². The van der Waals surface area contributed by atoms with Crippen LogP contribution in [0, 0.1) is 6.92 Å². The topological polar surface area (TPSA) is 86.8 Å². The van der Waals surface area contributed by atoms with Gasteiger partial charge in [0.05, 0.1) is 4.90 Å². The zero-order valence-corrected chi connectivity index (χ0v) is 22.4. The molecule has 0 saturated carbocycles. The van der Waals surface area contributed by atoms with Crippen LogP contribution in [0.4, 0.5) is 0 Å². The number of likely N-dealkylation sites (N-methyl/N-ethyl adjacent to an activating group) is 1. The maximum absolute atomic E-state index is 13.5. The summed E-state index contributed by atoms with van der Waals surface area (Å²) in [5.41, 5.74) is 2.98. The summed E-state index contributed by atoms with van der Waals surface area (Å²) in [5, 5.41) is 2.71. The van der Waals surface area contributed by atoms with Crippen LogP contribution in [0.1, 0.15) is 29.5 Å². The van der Waals surface area contributed by atoms with E-state index in [-0.39, 0.29) is 36.2 Å². The summed E-state index contributed by atoms with van der Waals surface area (Å²) >= 11 is 0. The lowest BCUT2D eigenvalue weighted by Crippen LogP contribution is -2.49. The van der Waals surface area contributed by atoms with E-state index in [0.29, 0.717) is 12.8 Å². The zero-order chi connectivity index (χ0) is 26.8. The summed E-state index contributed by atoms with van der Waals surface area (Å²) in [6.45, 7) is 2.46. The van der Waals surface area contributed by atoms with E-state index in [1.807, 2.05) is 61.5 Å². The van der Waals surface area contributed by atoms with Crippen molar-refractivity contribution in [2.45, 2.75) is 43.7 Å². The Hall–Kier alpha value is -3.49. The number of carbonyl (C=O) groups is 2. The van der Waals surface area contributed by atoms with Crippen LogP contribution in [-0.4, -0.2) is 56.1 Å². The Balaban J connectivity index is 1.77. The maximum atomic E-state index is 13.5. The second-order valence-corrected chi connectivity index (χ2v) is 11.1. The smallest absolute Gasteiger partial charge is 0.242 e. The molecule has 0 radical (unpaired) electrons. The fourth-order valence-corrected chi connectivity index (χ4v) is 5.33. The van der Waals surface area contributed by atoms with Gasteiger partial charge < -0.3 is 10.2 Å². The van der Waals surface area contributed by atoms with Gasteiger partial charge in [0, 0.05) is 40.0 Å². The third-order valence-corrected chi connectivity index (χ3v) is 8.18. The molecule has 0 aliphatic carbocycles. The fourth-order valence-electron chi connectivity index (χ4n) is 4.10. The third-order valence-electron chi connectivity index (χ3n) is 6.31. The van der Waals surface area contributed by atoms with E-state index in [4.69, 9.17) is 0 Å². The summed E-state index contributed by atoms with van der Waals surface area (Å²) in [6, 6.07) is 25.0. The first kappa shape index (κ1) is 28.1. The number of hydrogen-bond donors (Lipinski definition) is 1. The minimum Gasteiger partial charge on any atom is -0.357 e. The Morgan fingerprint density at radius 1 is 0.865 bits per heavy atom. The third kappa shape index (κ3) is 7.74. The minimum atomic E-state index is -3.64. The quantitative estimate of drug-likeness (QED) is 0.393. The number of sulfonamides is 1. The molecule has 196 valence electrons. The summed E-state index contributed by atoms with van der Waals surface area (Å²) in [6.07, 6.45) is 0.820. The molecule has 0 aliphatic rings. The van der Waals surface area contributed by atoms with Crippen LogP contribution in [0.15, 0.2) is 89.8 Å². The Bertz CT molecular complexity index is 1260. The van der Waals surface area contributed by atoms with Gasteiger partial charge in [-0.05, 0) is 36.6 Å². The van der Waals surface area contributed by atoms with Crippen molar-refractivity contribution in [1.29, 1.82) is 0 Å². The molecule has 0 fully saturated rings. The SMILES string of the molecule is CNC(=O)[C@H](Cc1ccccc1)N(Cc1ccc(C)cc1)C(=O)CCCN(C)S(=O)(=O)c1ccccc1. The standard InChI is InChI=1S/C29H35N3O4S/c1-23-16-18-25(19-17-23)22-32(27(29(34)30-2)21-24-11-6-4-7-12-24)28(33)15-10-20-31(3)37(35,36)26-13-8-5-9-14-26/h4-9,11-14,16-19,27H,10,15,20-22H2,1-3H3,(H,30,34)/t27-/m0/s1. The Kier molecular flexibility index (Phi) is 10.00. The molecule has 1 N–H and O–H groups in total. The number of nitrogens with one attached hydrogen (secondary N) is 1. The Morgan fingerprint density at radius 2 is 1.46 bits per heavy atom. The molecule has 7 nitrogen and oxygen atoms in total. The van der Waals surface area contributed by atoms with Gasteiger partial charge in [0.2, 0.25) is 21.8 Å². The van der Waals surface area contributed by atoms with E-state index in [1.54, 1.807) is 42.3 Å². The molecule has 3 aromatic rings. The molecule has 0 bridgehead atoms. The van der Waals surface area contributed by atoms with Crippen molar-refractivity contribution in [3.05, 3.63) is 102 Å². The number of benzene rings is 3. The summed E-state index contributed by atoms with van der Waals surface area (Å²) in [5.74, 6) is -0.441. The van der Waals surface area contributed by atoms with Gasteiger partial charge in [-0.3, -0.25) is 9.59 Å². The largest absolute Gasteiger partial charge is 0.357 e.